The van der Waals surface area contributed by atoms with Gasteiger partial charge in [-0.15, -0.1) is 12.4 Å². The summed E-state index contributed by atoms with van der Waals surface area (Å²) in [6.45, 7) is 4.50. The van der Waals surface area contributed by atoms with Gasteiger partial charge in [-0.3, -0.25) is 9.59 Å². The largest absolute Gasteiger partial charge is 0.354 e. The summed E-state index contributed by atoms with van der Waals surface area (Å²) in [5.74, 6) is -0.169. The second kappa shape index (κ2) is 10.2. The highest BCUT2D eigenvalue weighted by atomic mass is 35.5. The van der Waals surface area contributed by atoms with Crippen molar-refractivity contribution in [3.8, 4) is 0 Å². The Morgan fingerprint density at radius 2 is 1.67 bits per heavy atom. The van der Waals surface area contributed by atoms with Crippen molar-refractivity contribution in [1.29, 1.82) is 0 Å². The number of hydrogen-bond acceptors (Lipinski definition) is 3. The normalized spacial score (nSPS) is 11.4. The van der Waals surface area contributed by atoms with E-state index in [1.54, 1.807) is 0 Å². The van der Waals surface area contributed by atoms with E-state index in [9.17, 15) is 9.59 Å². The molecule has 2 amide bonds. The summed E-state index contributed by atoms with van der Waals surface area (Å²) in [5, 5.41) is 5.48. The molecule has 0 bridgehead atoms. The van der Waals surface area contributed by atoms with Crippen molar-refractivity contribution in [3.63, 3.8) is 0 Å². The molecule has 6 heteroatoms. The summed E-state index contributed by atoms with van der Waals surface area (Å²) >= 11 is 0. The molecule has 0 aliphatic heterocycles. The van der Waals surface area contributed by atoms with Gasteiger partial charge < -0.3 is 16.4 Å². The van der Waals surface area contributed by atoms with Gasteiger partial charge in [0.1, 0.15) is 0 Å². The average molecular weight is 314 g/mol. The lowest BCUT2D eigenvalue weighted by Gasteiger charge is -2.12. The van der Waals surface area contributed by atoms with Crippen LogP contribution in [-0.4, -0.2) is 24.9 Å². The third kappa shape index (κ3) is 7.68. The summed E-state index contributed by atoms with van der Waals surface area (Å²) in [4.78, 5) is 23.0. The van der Waals surface area contributed by atoms with E-state index in [4.69, 9.17) is 5.73 Å². The van der Waals surface area contributed by atoms with Crippen LogP contribution in [-0.2, 0) is 9.59 Å². The van der Waals surface area contributed by atoms with Gasteiger partial charge in [0.25, 0.3) is 0 Å². The maximum Gasteiger partial charge on any atom is 0.222 e. The Kier molecular flexibility index (Phi) is 9.41. The van der Waals surface area contributed by atoms with Crippen molar-refractivity contribution in [2.24, 2.45) is 11.7 Å². The first kappa shape index (κ1) is 19.4. The second-order valence-electron chi connectivity index (χ2n) is 5.02. The molecule has 0 radical (unpaired) electrons. The zero-order valence-corrected chi connectivity index (χ0v) is 13.3. The molecule has 1 aromatic carbocycles. The number of halogens is 1. The summed E-state index contributed by atoms with van der Waals surface area (Å²) < 4.78 is 0. The molecule has 0 aliphatic carbocycles. The number of carbonyl (C=O) groups excluding carboxylic acids is 2. The molecular formula is C15H24ClN3O2. The molecule has 1 rings (SSSR count). The summed E-state index contributed by atoms with van der Waals surface area (Å²) in [7, 11) is 0. The van der Waals surface area contributed by atoms with Crippen LogP contribution in [0, 0.1) is 5.92 Å². The predicted octanol–water partition coefficient (Wildman–Crippen LogP) is 1.39. The van der Waals surface area contributed by atoms with E-state index in [0.717, 1.165) is 5.56 Å². The second-order valence-corrected chi connectivity index (χ2v) is 5.02. The molecule has 4 N–H and O–H groups in total. The monoisotopic (exact) mass is 313 g/mol. The Labute approximate surface area is 132 Å². The van der Waals surface area contributed by atoms with Crippen LogP contribution in [0.1, 0.15) is 31.9 Å². The fraction of sp³-hybridized carbons (Fsp3) is 0.467. The standard InChI is InChI=1S/C15H23N3O2.ClH/c1-11(2)15(20)18-9-8-17-14(19)10-13(16)12-6-4-3-5-7-12;/h3-7,11,13H,8-10,16H2,1-2H3,(H,17,19)(H,18,20);1H. The van der Waals surface area contributed by atoms with E-state index in [1.807, 2.05) is 44.2 Å². The first-order valence-corrected chi connectivity index (χ1v) is 6.85. The van der Waals surface area contributed by atoms with Crippen LogP contribution < -0.4 is 16.4 Å². The number of rotatable bonds is 7. The van der Waals surface area contributed by atoms with Crippen molar-refractivity contribution >= 4 is 24.2 Å². The third-order valence-electron chi connectivity index (χ3n) is 2.90. The molecule has 0 saturated heterocycles. The number of carbonyl (C=O) groups is 2. The Morgan fingerprint density at radius 1 is 1.10 bits per heavy atom. The van der Waals surface area contributed by atoms with Gasteiger partial charge in [0.2, 0.25) is 11.8 Å². The minimum Gasteiger partial charge on any atom is -0.354 e. The average Bonchev–Trinajstić information content (AvgIpc) is 2.44. The lowest BCUT2D eigenvalue weighted by atomic mass is 10.0. The molecule has 5 nitrogen and oxygen atoms in total. The van der Waals surface area contributed by atoms with E-state index >= 15 is 0 Å². The maximum atomic E-state index is 11.7. The van der Waals surface area contributed by atoms with Crippen LogP contribution in [0.15, 0.2) is 30.3 Å². The van der Waals surface area contributed by atoms with Gasteiger partial charge in [0, 0.05) is 31.5 Å². The highest BCUT2D eigenvalue weighted by molar-refractivity contribution is 5.85. The fourth-order valence-electron chi connectivity index (χ4n) is 1.68. The molecule has 0 aliphatic rings. The van der Waals surface area contributed by atoms with Crippen LogP contribution in [0.5, 0.6) is 0 Å². The molecule has 0 saturated carbocycles. The molecule has 0 heterocycles. The van der Waals surface area contributed by atoms with Crippen LogP contribution in [0.4, 0.5) is 0 Å². The SMILES string of the molecule is CC(C)C(=O)NCCNC(=O)CC(N)c1ccccc1.Cl. The van der Waals surface area contributed by atoms with E-state index in [0.29, 0.717) is 13.1 Å². The summed E-state index contributed by atoms with van der Waals surface area (Å²) in [6, 6.07) is 9.21. The Bertz CT molecular complexity index is 438. The lowest BCUT2D eigenvalue weighted by Crippen LogP contribution is -2.37. The van der Waals surface area contributed by atoms with Gasteiger partial charge in [-0.1, -0.05) is 44.2 Å². The predicted molar refractivity (Wildman–Crippen MR) is 86.1 cm³/mol. The number of nitrogens with two attached hydrogens (primary N) is 1. The quantitative estimate of drug-likeness (QED) is 0.665. The smallest absolute Gasteiger partial charge is 0.222 e. The summed E-state index contributed by atoms with van der Waals surface area (Å²) in [6.07, 6.45) is 0.238. The van der Waals surface area contributed by atoms with Crippen LogP contribution >= 0.6 is 12.4 Å². The van der Waals surface area contributed by atoms with E-state index < -0.39 is 0 Å². The molecule has 0 fully saturated rings. The maximum absolute atomic E-state index is 11.7. The highest BCUT2D eigenvalue weighted by Crippen LogP contribution is 2.12. The van der Waals surface area contributed by atoms with Gasteiger partial charge >= 0.3 is 0 Å². The first-order chi connectivity index (χ1) is 9.50. The van der Waals surface area contributed by atoms with Gasteiger partial charge in [-0.05, 0) is 5.56 Å². The number of amides is 2. The number of benzene rings is 1. The first-order valence-electron chi connectivity index (χ1n) is 6.85. The van der Waals surface area contributed by atoms with Crippen LogP contribution in [0.25, 0.3) is 0 Å². The zero-order valence-electron chi connectivity index (χ0n) is 12.5. The molecule has 21 heavy (non-hydrogen) atoms. The van der Waals surface area contributed by atoms with E-state index in [1.165, 1.54) is 0 Å². The molecule has 1 unspecified atom stereocenters. The van der Waals surface area contributed by atoms with Gasteiger partial charge in [-0.25, -0.2) is 0 Å². The number of nitrogens with one attached hydrogen (secondary N) is 2. The Balaban J connectivity index is 0.00000400. The molecule has 1 aromatic rings. The summed E-state index contributed by atoms with van der Waals surface area (Å²) in [5.41, 5.74) is 6.90. The Hall–Kier alpha value is -1.59. The van der Waals surface area contributed by atoms with Crippen LogP contribution in [0.2, 0.25) is 0 Å². The van der Waals surface area contributed by atoms with E-state index in [-0.39, 0.29) is 42.6 Å². The fourth-order valence-corrected chi connectivity index (χ4v) is 1.68. The third-order valence-corrected chi connectivity index (χ3v) is 2.90. The van der Waals surface area contributed by atoms with Crippen molar-refractivity contribution in [3.05, 3.63) is 35.9 Å². The van der Waals surface area contributed by atoms with Gasteiger partial charge in [0.05, 0.1) is 0 Å². The van der Waals surface area contributed by atoms with E-state index in [2.05, 4.69) is 10.6 Å². The topological polar surface area (TPSA) is 84.2 Å². The molecule has 1 atom stereocenters. The van der Waals surface area contributed by atoms with Gasteiger partial charge in [0.15, 0.2) is 0 Å². The van der Waals surface area contributed by atoms with Crippen LogP contribution in [0.3, 0.4) is 0 Å². The highest BCUT2D eigenvalue weighted by Gasteiger charge is 2.11. The lowest BCUT2D eigenvalue weighted by molar-refractivity contribution is -0.124. The minimum absolute atomic E-state index is 0. The van der Waals surface area contributed by atoms with Gasteiger partial charge in [-0.2, -0.15) is 0 Å². The number of hydrogen-bond donors (Lipinski definition) is 3. The minimum atomic E-state index is -0.304. The molecular weight excluding hydrogens is 290 g/mol. The van der Waals surface area contributed by atoms with Crippen molar-refractivity contribution < 1.29 is 9.59 Å². The molecule has 0 spiro atoms. The molecule has 0 aromatic heterocycles. The zero-order chi connectivity index (χ0) is 15.0. The van der Waals surface area contributed by atoms with Crippen molar-refractivity contribution in [2.45, 2.75) is 26.3 Å². The molecule has 118 valence electrons. The Morgan fingerprint density at radius 3 is 2.24 bits per heavy atom. The van der Waals surface area contributed by atoms with Crippen molar-refractivity contribution in [2.75, 3.05) is 13.1 Å². The van der Waals surface area contributed by atoms with Crippen molar-refractivity contribution in [1.82, 2.24) is 10.6 Å².